The number of nitrogens with one attached hydrogen (secondary N) is 1. The molecule has 0 radical (unpaired) electrons. The highest BCUT2D eigenvalue weighted by atomic mass is 16.2. The molecule has 0 aromatic carbocycles. The fraction of sp³-hybridized carbons (Fsp3) is 0.571. The van der Waals surface area contributed by atoms with Crippen LogP contribution in [0.25, 0.3) is 0 Å². The number of pyridine rings is 1. The molecule has 0 unspecified atom stereocenters. The summed E-state index contributed by atoms with van der Waals surface area (Å²) in [4.78, 5) is 18.6. The Kier molecular flexibility index (Phi) is 3.28. The predicted octanol–water partition coefficient (Wildman–Crippen LogP) is 2.30. The van der Waals surface area contributed by atoms with Crippen LogP contribution in [-0.2, 0) is 0 Å². The number of carbonyl (C=O) groups is 1. The zero-order valence-electron chi connectivity index (χ0n) is 11.6. The van der Waals surface area contributed by atoms with Crippen molar-refractivity contribution in [3.05, 3.63) is 23.5 Å². The molecule has 1 fully saturated rings. The van der Waals surface area contributed by atoms with Gasteiger partial charge in [-0.2, -0.15) is 0 Å². The number of hydrogen-bond donors (Lipinski definition) is 1. The summed E-state index contributed by atoms with van der Waals surface area (Å²) in [6, 6.07) is 1.91. The molecule has 1 aromatic rings. The second-order valence-electron chi connectivity index (χ2n) is 5.76. The van der Waals surface area contributed by atoms with Crippen LogP contribution in [-0.4, -0.2) is 35.9 Å². The molecular weight excluding hydrogens is 226 g/mol. The van der Waals surface area contributed by atoms with Crippen molar-refractivity contribution < 1.29 is 4.79 Å². The van der Waals surface area contributed by atoms with Gasteiger partial charge < -0.3 is 10.2 Å². The van der Waals surface area contributed by atoms with Crippen LogP contribution < -0.4 is 5.32 Å². The second-order valence-corrected chi connectivity index (χ2v) is 5.76. The summed E-state index contributed by atoms with van der Waals surface area (Å²) >= 11 is 0. The van der Waals surface area contributed by atoms with E-state index in [1.807, 2.05) is 24.9 Å². The quantitative estimate of drug-likeness (QED) is 0.872. The molecule has 1 saturated heterocycles. The smallest absolute Gasteiger partial charge is 0.257 e. The lowest BCUT2D eigenvalue weighted by Gasteiger charge is -2.21. The third-order valence-electron chi connectivity index (χ3n) is 3.51. The summed E-state index contributed by atoms with van der Waals surface area (Å²) in [6.45, 7) is 7.99. The maximum absolute atomic E-state index is 12.5. The monoisotopic (exact) mass is 247 g/mol. The lowest BCUT2D eigenvalue weighted by Crippen LogP contribution is -2.30. The molecule has 1 aliphatic heterocycles. The largest absolute Gasteiger partial charge is 0.387 e. The molecule has 4 heteroatoms. The predicted molar refractivity (Wildman–Crippen MR) is 72.8 cm³/mol. The van der Waals surface area contributed by atoms with Crippen LogP contribution in [0.5, 0.6) is 0 Å². The van der Waals surface area contributed by atoms with E-state index in [1.54, 1.807) is 6.20 Å². The van der Waals surface area contributed by atoms with Crippen molar-refractivity contribution in [2.24, 2.45) is 5.41 Å². The van der Waals surface area contributed by atoms with Crippen LogP contribution >= 0.6 is 0 Å². The minimum atomic E-state index is 0.0809. The van der Waals surface area contributed by atoms with E-state index in [9.17, 15) is 4.79 Å². The van der Waals surface area contributed by atoms with Gasteiger partial charge in [-0.3, -0.25) is 9.78 Å². The first kappa shape index (κ1) is 12.9. The Bertz CT molecular complexity index is 468. The topological polar surface area (TPSA) is 45.2 Å². The minimum absolute atomic E-state index is 0.0809. The maximum atomic E-state index is 12.5. The summed E-state index contributed by atoms with van der Waals surface area (Å²) in [5.74, 6) is 0.0809. The second kappa shape index (κ2) is 4.59. The van der Waals surface area contributed by atoms with Gasteiger partial charge in [-0.15, -0.1) is 0 Å². The molecule has 18 heavy (non-hydrogen) atoms. The Labute approximate surface area is 108 Å². The molecule has 4 nitrogen and oxygen atoms in total. The van der Waals surface area contributed by atoms with Gasteiger partial charge >= 0.3 is 0 Å². The number of likely N-dealkylation sites (tertiary alicyclic amines) is 1. The SMILES string of the molecule is CNc1cc(C)ncc1C(=O)N1CCC(C)(C)C1. The lowest BCUT2D eigenvalue weighted by molar-refractivity contribution is 0.0779. The van der Waals surface area contributed by atoms with Crippen LogP contribution in [0.3, 0.4) is 0 Å². The van der Waals surface area contributed by atoms with Crippen molar-refractivity contribution in [1.29, 1.82) is 0 Å². The zero-order chi connectivity index (χ0) is 13.3. The molecule has 0 spiro atoms. The third-order valence-corrected chi connectivity index (χ3v) is 3.51. The summed E-state index contributed by atoms with van der Waals surface area (Å²) in [7, 11) is 1.83. The normalized spacial score (nSPS) is 17.9. The minimum Gasteiger partial charge on any atom is -0.387 e. The Morgan fingerprint density at radius 1 is 1.50 bits per heavy atom. The third kappa shape index (κ3) is 2.47. The van der Waals surface area contributed by atoms with Gasteiger partial charge in [0.15, 0.2) is 0 Å². The molecule has 2 rings (SSSR count). The van der Waals surface area contributed by atoms with E-state index < -0.39 is 0 Å². The summed E-state index contributed by atoms with van der Waals surface area (Å²) < 4.78 is 0. The highest BCUT2D eigenvalue weighted by Gasteiger charge is 2.33. The van der Waals surface area contributed by atoms with Crippen molar-refractivity contribution >= 4 is 11.6 Å². The Morgan fingerprint density at radius 2 is 2.22 bits per heavy atom. The van der Waals surface area contributed by atoms with Gasteiger partial charge in [0.25, 0.3) is 5.91 Å². The first-order chi connectivity index (χ1) is 8.43. The number of anilines is 1. The molecule has 1 N–H and O–H groups in total. The maximum Gasteiger partial charge on any atom is 0.257 e. The lowest BCUT2D eigenvalue weighted by atomic mass is 9.93. The molecule has 0 saturated carbocycles. The van der Waals surface area contributed by atoms with E-state index >= 15 is 0 Å². The van der Waals surface area contributed by atoms with E-state index in [2.05, 4.69) is 24.1 Å². The molecule has 1 aromatic heterocycles. The number of aromatic nitrogens is 1. The molecule has 0 atom stereocenters. The summed E-state index contributed by atoms with van der Waals surface area (Å²) in [6.07, 6.45) is 2.74. The van der Waals surface area contributed by atoms with Gasteiger partial charge in [0.1, 0.15) is 0 Å². The molecule has 0 bridgehead atoms. The van der Waals surface area contributed by atoms with E-state index in [4.69, 9.17) is 0 Å². The standard InChI is InChI=1S/C14H21N3O/c1-10-7-12(15-4)11(8-16-10)13(18)17-6-5-14(2,3)9-17/h7-8H,5-6,9H2,1-4H3,(H,15,16). The molecule has 1 amide bonds. The number of aryl methyl sites for hydroxylation is 1. The Hall–Kier alpha value is -1.58. The first-order valence-corrected chi connectivity index (χ1v) is 6.37. The Balaban J connectivity index is 2.24. The molecule has 0 aliphatic carbocycles. The van der Waals surface area contributed by atoms with Crippen LogP contribution in [0.4, 0.5) is 5.69 Å². The van der Waals surface area contributed by atoms with Gasteiger partial charge in [0, 0.05) is 32.0 Å². The van der Waals surface area contributed by atoms with Crippen molar-refractivity contribution in [2.75, 3.05) is 25.5 Å². The Morgan fingerprint density at radius 3 is 2.78 bits per heavy atom. The van der Waals surface area contributed by atoms with Gasteiger partial charge in [-0.25, -0.2) is 0 Å². The van der Waals surface area contributed by atoms with Crippen LogP contribution in [0.1, 0.15) is 36.3 Å². The number of nitrogens with zero attached hydrogens (tertiary/aromatic N) is 2. The van der Waals surface area contributed by atoms with Gasteiger partial charge in [0.2, 0.25) is 0 Å². The van der Waals surface area contributed by atoms with Gasteiger partial charge in [-0.1, -0.05) is 13.8 Å². The zero-order valence-corrected chi connectivity index (χ0v) is 11.6. The fourth-order valence-corrected chi connectivity index (χ4v) is 2.39. The summed E-state index contributed by atoms with van der Waals surface area (Å²) in [5, 5.41) is 3.07. The summed E-state index contributed by atoms with van der Waals surface area (Å²) in [5.41, 5.74) is 2.67. The average molecular weight is 247 g/mol. The van der Waals surface area contributed by atoms with E-state index in [0.717, 1.165) is 30.9 Å². The van der Waals surface area contributed by atoms with Gasteiger partial charge in [0.05, 0.1) is 11.3 Å². The number of carbonyl (C=O) groups excluding carboxylic acids is 1. The van der Waals surface area contributed by atoms with Crippen LogP contribution in [0, 0.1) is 12.3 Å². The highest BCUT2D eigenvalue weighted by Crippen LogP contribution is 2.30. The van der Waals surface area contributed by atoms with Crippen molar-refractivity contribution in [3.8, 4) is 0 Å². The molecular formula is C14H21N3O. The number of hydrogen-bond acceptors (Lipinski definition) is 3. The average Bonchev–Trinajstić information content (AvgIpc) is 2.68. The molecule has 1 aliphatic rings. The fourth-order valence-electron chi connectivity index (χ4n) is 2.39. The molecule has 2 heterocycles. The van der Waals surface area contributed by atoms with Crippen LogP contribution in [0.15, 0.2) is 12.3 Å². The number of rotatable bonds is 2. The first-order valence-electron chi connectivity index (χ1n) is 6.37. The van der Waals surface area contributed by atoms with E-state index in [-0.39, 0.29) is 11.3 Å². The van der Waals surface area contributed by atoms with Crippen LogP contribution in [0.2, 0.25) is 0 Å². The van der Waals surface area contributed by atoms with Crippen molar-refractivity contribution in [3.63, 3.8) is 0 Å². The van der Waals surface area contributed by atoms with E-state index in [0.29, 0.717) is 5.56 Å². The van der Waals surface area contributed by atoms with E-state index in [1.165, 1.54) is 0 Å². The van der Waals surface area contributed by atoms with Crippen molar-refractivity contribution in [1.82, 2.24) is 9.88 Å². The molecule has 98 valence electrons. The number of amides is 1. The highest BCUT2D eigenvalue weighted by molar-refractivity contribution is 5.99. The van der Waals surface area contributed by atoms with Crippen molar-refractivity contribution in [2.45, 2.75) is 27.2 Å². The van der Waals surface area contributed by atoms with Gasteiger partial charge in [-0.05, 0) is 24.8 Å².